The Hall–Kier alpha value is -3.07. The van der Waals surface area contributed by atoms with E-state index in [-0.39, 0.29) is 0 Å². The van der Waals surface area contributed by atoms with E-state index >= 15 is 0 Å². The molecule has 1 aliphatic heterocycles. The second kappa shape index (κ2) is 8.95. The van der Waals surface area contributed by atoms with Crippen molar-refractivity contribution in [2.75, 3.05) is 39.5 Å². The van der Waals surface area contributed by atoms with Gasteiger partial charge < -0.3 is 9.47 Å². The molecule has 0 unspecified atom stereocenters. The Kier molecular flexibility index (Phi) is 5.95. The molecule has 2 heterocycles. The average molecular weight is 394 g/mol. The molecule has 1 aromatic heterocycles. The largest absolute Gasteiger partial charge is 0.492 e. The van der Waals surface area contributed by atoms with Crippen molar-refractivity contribution in [1.82, 2.24) is 20.3 Å². The standard InChI is InChI=1S/C21H22N4O4/c26-21(24-27)16-3-6-18-19(13-16)23-20(14-22-18)15-1-4-17(5-2-15)29-12-9-25-7-10-28-11-8-25/h1-6,13-14,27H,7-12H2,(H,24,26). The summed E-state index contributed by atoms with van der Waals surface area (Å²) in [5, 5.41) is 8.80. The summed E-state index contributed by atoms with van der Waals surface area (Å²) in [5.41, 5.74) is 4.79. The van der Waals surface area contributed by atoms with E-state index in [4.69, 9.17) is 14.7 Å². The summed E-state index contributed by atoms with van der Waals surface area (Å²) >= 11 is 0. The Labute approximate surface area is 168 Å². The van der Waals surface area contributed by atoms with Gasteiger partial charge in [0.05, 0.1) is 36.1 Å². The number of fused-ring (bicyclic) bond motifs is 1. The number of benzene rings is 2. The van der Waals surface area contributed by atoms with E-state index in [9.17, 15) is 4.79 Å². The number of hydroxylamine groups is 1. The van der Waals surface area contributed by atoms with Gasteiger partial charge in [-0.25, -0.2) is 10.5 Å². The fourth-order valence-corrected chi connectivity index (χ4v) is 3.20. The molecule has 0 aliphatic carbocycles. The Morgan fingerprint density at radius 1 is 1.14 bits per heavy atom. The van der Waals surface area contributed by atoms with Crippen molar-refractivity contribution in [1.29, 1.82) is 0 Å². The van der Waals surface area contributed by atoms with Crippen molar-refractivity contribution in [2.24, 2.45) is 0 Å². The molecule has 8 nitrogen and oxygen atoms in total. The van der Waals surface area contributed by atoms with Gasteiger partial charge in [0.25, 0.3) is 5.91 Å². The average Bonchev–Trinajstić information content (AvgIpc) is 2.79. The molecule has 4 rings (SSSR count). The fraction of sp³-hybridized carbons (Fsp3) is 0.286. The number of ether oxygens (including phenoxy) is 2. The normalized spacial score (nSPS) is 14.7. The molecule has 1 aliphatic rings. The minimum absolute atomic E-state index is 0.315. The third kappa shape index (κ3) is 4.68. The maximum atomic E-state index is 11.6. The zero-order valence-corrected chi connectivity index (χ0v) is 15.9. The van der Waals surface area contributed by atoms with Crippen molar-refractivity contribution in [3.05, 3.63) is 54.2 Å². The van der Waals surface area contributed by atoms with Crippen LogP contribution in [-0.4, -0.2) is 65.4 Å². The third-order valence-corrected chi connectivity index (χ3v) is 4.84. The Morgan fingerprint density at radius 2 is 1.93 bits per heavy atom. The van der Waals surface area contributed by atoms with Crippen LogP contribution in [0.4, 0.5) is 0 Å². The first kappa shape index (κ1) is 19.3. The number of carbonyl (C=O) groups excluding carboxylic acids is 1. The van der Waals surface area contributed by atoms with Gasteiger partial charge in [0.15, 0.2) is 0 Å². The van der Waals surface area contributed by atoms with Crippen molar-refractivity contribution in [3.8, 4) is 17.0 Å². The summed E-state index contributed by atoms with van der Waals surface area (Å²) in [6.07, 6.45) is 1.70. The minimum atomic E-state index is -0.585. The molecule has 0 bridgehead atoms. The number of nitrogens with one attached hydrogen (secondary N) is 1. The van der Waals surface area contributed by atoms with Gasteiger partial charge in [0.1, 0.15) is 12.4 Å². The summed E-state index contributed by atoms with van der Waals surface area (Å²) in [5.74, 6) is 0.218. The first-order chi connectivity index (χ1) is 14.2. The molecule has 2 aromatic carbocycles. The predicted molar refractivity (Wildman–Crippen MR) is 107 cm³/mol. The molecule has 29 heavy (non-hydrogen) atoms. The molecule has 0 spiro atoms. The zero-order valence-electron chi connectivity index (χ0n) is 15.9. The van der Waals surface area contributed by atoms with Crippen LogP contribution in [0.5, 0.6) is 5.75 Å². The molecule has 1 saturated heterocycles. The summed E-state index contributed by atoms with van der Waals surface area (Å²) in [6, 6.07) is 12.6. The SMILES string of the molecule is O=C(NO)c1ccc2ncc(-c3ccc(OCCN4CCOCC4)cc3)nc2c1. The van der Waals surface area contributed by atoms with Gasteiger partial charge in [-0.2, -0.15) is 0 Å². The van der Waals surface area contributed by atoms with Gasteiger partial charge in [-0.1, -0.05) is 0 Å². The highest BCUT2D eigenvalue weighted by Gasteiger charge is 2.10. The van der Waals surface area contributed by atoms with Gasteiger partial charge in [0, 0.05) is 30.8 Å². The van der Waals surface area contributed by atoms with Crippen molar-refractivity contribution >= 4 is 16.9 Å². The summed E-state index contributed by atoms with van der Waals surface area (Å²) in [7, 11) is 0. The Balaban J connectivity index is 1.43. The number of carbonyl (C=O) groups is 1. The number of hydrogen-bond donors (Lipinski definition) is 2. The molecule has 0 atom stereocenters. The van der Waals surface area contributed by atoms with Crippen LogP contribution in [0, 0.1) is 0 Å². The monoisotopic (exact) mass is 394 g/mol. The van der Waals surface area contributed by atoms with Crippen LogP contribution < -0.4 is 10.2 Å². The number of morpholine rings is 1. The highest BCUT2D eigenvalue weighted by atomic mass is 16.5. The van der Waals surface area contributed by atoms with Crippen LogP contribution in [0.15, 0.2) is 48.7 Å². The lowest BCUT2D eigenvalue weighted by Crippen LogP contribution is -2.38. The van der Waals surface area contributed by atoms with Gasteiger partial charge >= 0.3 is 0 Å². The second-order valence-electron chi connectivity index (χ2n) is 6.73. The zero-order chi connectivity index (χ0) is 20.1. The molecule has 0 radical (unpaired) electrons. The van der Waals surface area contributed by atoms with Gasteiger partial charge in [-0.15, -0.1) is 0 Å². The van der Waals surface area contributed by atoms with E-state index < -0.39 is 5.91 Å². The second-order valence-corrected chi connectivity index (χ2v) is 6.73. The number of hydrogen-bond acceptors (Lipinski definition) is 7. The number of amides is 1. The quantitative estimate of drug-likeness (QED) is 0.488. The van der Waals surface area contributed by atoms with Gasteiger partial charge in [-0.3, -0.25) is 19.9 Å². The lowest BCUT2D eigenvalue weighted by Gasteiger charge is -2.26. The molecule has 0 saturated carbocycles. The van der Waals surface area contributed by atoms with Crippen LogP contribution in [-0.2, 0) is 4.74 Å². The van der Waals surface area contributed by atoms with Crippen LogP contribution in [0.3, 0.4) is 0 Å². The maximum Gasteiger partial charge on any atom is 0.274 e. The fourth-order valence-electron chi connectivity index (χ4n) is 3.20. The number of rotatable bonds is 6. The summed E-state index contributed by atoms with van der Waals surface area (Å²) in [6.45, 7) is 4.98. The van der Waals surface area contributed by atoms with Crippen molar-refractivity contribution in [3.63, 3.8) is 0 Å². The molecular formula is C21H22N4O4. The van der Waals surface area contributed by atoms with E-state index in [1.807, 2.05) is 24.3 Å². The molecular weight excluding hydrogens is 372 g/mol. The van der Waals surface area contributed by atoms with Crippen molar-refractivity contribution < 1.29 is 19.5 Å². The minimum Gasteiger partial charge on any atom is -0.492 e. The lowest BCUT2D eigenvalue weighted by atomic mass is 10.1. The summed E-state index contributed by atoms with van der Waals surface area (Å²) in [4.78, 5) is 22.9. The molecule has 150 valence electrons. The molecule has 1 fully saturated rings. The number of aromatic nitrogens is 2. The molecule has 1 amide bonds. The highest BCUT2D eigenvalue weighted by Crippen LogP contribution is 2.22. The van der Waals surface area contributed by atoms with Crippen molar-refractivity contribution in [2.45, 2.75) is 0 Å². The van der Waals surface area contributed by atoms with Gasteiger partial charge in [-0.05, 0) is 42.5 Å². The predicted octanol–water partition coefficient (Wildman–Crippen LogP) is 2.13. The number of nitrogens with zero attached hydrogens (tertiary/aromatic N) is 3. The third-order valence-electron chi connectivity index (χ3n) is 4.84. The van der Waals surface area contributed by atoms with E-state index in [0.29, 0.717) is 28.9 Å². The van der Waals surface area contributed by atoms with Crippen LogP contribution >= 0.6 is 0 Å². The topological polar surface area (TPSA) is 96.8 Å². The molecule has 2 N–H and O–H groups in total. The highest BCUT2D eigenvalue weighted by molar-refractivity contribution is 5.96. The first-order valence-electron chi connectivity index (χ1n) is 9.47. The van der Waals surface area contributed by atoms with E-state index in [2.05, 4.69) is 14.9 Å². The first-order valence-corrected chi connectivity index (χ1v) is 9.47. The molecule has 3 aromatic rings. The van der Waals surface area contributed by atoms with Crippen LogP contribution in [0.25, 0.3) is 22.3 Å². The Bertz CT molecular complexity index is 988. The van der Waals surface area contributed by atoms with Crippen LogP contribution in [0.2, 0.25) is 0 Å². The van der Waals surface area contributed by atoms with E-state index in [0.717, 1.165) is 44.2 Å². The summed E-state index contributed by atoms with van der Waals surface area (Å²) < 4.78 is 11.2. The van der Waals surface area contributed by atoms with Gasteiger partial charge in [0.2, 0.25) is 0 Å². The van der Waals surface area contributed by atoms with E-state index in [1.165, 1.54) is 0 Å². The van der Waals surface area contributed by atoms with Crippen LogP contribution in [0.1, 0.15) is 10.4 Å². The Morgan fingerprint density at radius 3 is 2.69 bits per heavy atom. The maximum absolute atomic E-state index is 11.6. The van der Waals surface area contributed by atoms with E-state index in [1.54, 1.807) is 29.9 Å². The smallest absolute Gasteiger partial charge is 0.274 e. The molecule has 8 heteroatoms. The lowest BCUT2D eigenvalue weighted by molar-refractivity contribution is 0.0322.